The van der Waals surface area contributed by atoms with Crippen molar-refractivity contribution >= 4 is 39.3 Å². The highest BCUT2D eigenvalue weighted by atomic mass is 79.9. The lowest BCUT2D eigenvalue weighted by molar-refractivity contribution is 0.592. The van der Waals surface area contributed by atoms with Crippen LogP contribution in [0.4, 0.5) is 0 Å². The number of allylic oxidation sites excluding steroid dienone is 1. The van der Waals surface area contributed by atoms with Crippen molar-refractivity contribution in [2.75, 3.05) is 0 Å². The molecule has 0 aromatic heterocycles. The van der Waals surface area contributed by atoms with Gasteiger partial charge in [-0.3, -0.25) is 0 Å². The minimum Gasteiger partial charge on any atom is -0.307 e. The summed E-state index contributed by atoms with van der Waals surface area (Å²) in [5.41, 5.74) is 5.33. The fraction of sp³-hybridized carbons (Fsp3) is 0.0455. The van der Waals surface area contributed by atoms with Gasteiger partial charge >= 0.3 is 0 Å². The molecule has 0 aliphatic rings. The Morgan fingerprint density at radius 1 is 0.760 bits per heavy atom. The third-order valence-electron chi connectivity index (χ3n) is 4.01. The van der Waals surface area contributed by atoms with E-state index in [9.17, 15) is 4.57 Å². The number of hydrogen-bond donors (Lipinski definition) is 0. The predicted octanol–water partition coefficient (Wildman–Crippen LogP) is 5.94. The van der Waals surface area contributed by atoms with Gasteiger partial charge in [0.05, 0.1) is 0 Å². The third-order valence-corrected chi connectivity index (χ3v) is 8.43. The maximum atomic E-state index is 14.1. The Bertz CT molecular complexity index is 913. The van der Waals surface area contributed by atoms with Crippen LogP contribution in [0.25, 0.3) is 5.57 Å². The lowest BCUT2D eigenvalue weighted by Gasteiger charge is -2.18. The summed E-state index contributed by atoms with van der Waals surface area (Å²) in [5, 5.41) is 1.59. The fourth-order valence-electron chi connectivity index (χ4n) is 2.65. The molecule has 0 saturated heterocycles. The highest BCUT2D eigenvalue weighted by Crippen LogP contribution is 2.54. The van der Waals surface area contributed by atoms with E-state index >= 15 is 0 Å². The van der Waals surface area contributed by atoms with Gasteiger partial charge in [0.25, 0.3) is 0 Å². The average molecular weight is 409 g/mol. The molecule has 0 atom stereocenters. The zero-order valence-electron chi connectivity index (χ0n) is 13.9. The van der Waals surface area contributed by atoms with Crippen LogP contribution in [0.2, 0.25) is 0 Å². The standard InChI is InChI=1S/C22H18BrOP/c1-18(19-11-5-2-6-12-19)17-22(23)25(24,20-13-7-3-8-14-20)21-15-9-4-10-16-21/h2-16H,1H3. The fourth-order valence-corrected chi connectivity index (χ4v) is 6.43. The van der Waals surface area contributed by atoms with Gasteiger partial charge in [-0.15, -0.1) is 0 Å². The smallest absolute Gasteiger partial charge is 0.185 e. The second-order valence-corrected chi connectivity index (χ2v) is 9.79. The van der Waals surface area contributed by atoms with Crippen molar-refractivity contribution < 1.29 is 4.57 Å². The van der Waals surface area contributed by atoms with Crippen LogP contribution in [0, 0.1) is 0 Å². The van der Waals surface area contributed by atoms with Gasteiger partial charge in [0.1, 0.15) is 4.22 Å². The highest BCUT2D eigenvalue weighted by Gasteiger charge is 2.30. The van der Waals surface area contributed by atoms with E-state index in [0.717, 1.165) is 21.7 Å². The van der Waals surface area contributed by atoms with Gasteiger partial charge in [-0.25, -0.2) is 0 Å². The van der Waals surface area contributed by atoms with Gasteiger partial charge in [-0.05, 0) is 34.0 Å². The first-order chi connectivity index (χ1) is 12.1. The normalized spacial score (nSPS) is 10.8. The molecule has 0 spiro atoms. The molecule has 124 valence electrons. The zero-order chi connectivity index (χ0) is 17.7. The van der Waals surface area contributed by atoms with Crippen molar-refractivity contribution in [2.24, 2.45) is 0 Å². The summed E-state index contributed by atoms with van der Waals surface area (Å²) in [5.74, 6) is 0. The summed E-state index contributed by atoms with van der Waals surface area (Å²) in [7, 11) is -2.99. The molecule has 0 fully saturated rings. The Morgan fingerprint density at radius 2 is 1.16 bits per heavy atom. The van der Waals surface area contributed by atoms with Gasteiger partial charge < -0.3 is 4.57 Å². The molecule has 0 saturated carbocycles. The maximum Gasteiger partial charge on any atom is 0.185 e. The molecule has 0 heterocycles. The Morgan fingerprint density at radius 3 is 1.60 bits per heavy atom. The van der Waals surface area contributed by atoms with Crippen LogP contribution < -0.4 is 10.6 Å². The molecule has 0 unspecified atom stereocenters. The molecule has 0 aliphatic heterocycles. The van der Waals surface area contributed by atoms with Gasteiger partial charge in [-0.2, -0.15) is 0 Å². The van der Waals surface area contributed by atoms with Crippen molar-refractivity contribution in [1.29, 1.82) is 0 Å². The molecule has 0 aliphatic carbocycles. The Hall–Kier alpha value is -2.11. The van der Waals surface area contributed by atoms with Gasteiger partial charge in [0, 0.05) is 10.6 Å². The van der Waals surface area contributed by atoms with Crippen molar-refractivity contribution in [1.82, 2.24) is 0 Å². The first-order valence-corrected chi connectivity index (χ1v) is 10.5. The molecule has 3 aromatic carbocycles. The van der Waals surface area contributed by atoms with E-state index < -0.39 is 7.14 Å². The third kappa shape index (κ3) is 3.78. The van der Waals surface area contributed by atoms with Gasteiger partial charge in [-0.1, -0.05) is 96.7 Å². The summed E-state index contributed by atoms with van der Waals surface area (Å²) in [6.07, 6.45) is 0. The number of benzene rings is 3. The molecule has 0 radical (unpaired) electrons. The predicted molar refractivity (Wildman–Crippen MR) is 111 cm³/mol. The van der Waals surface area contributed by atoms with E-state index in [2.05, 4.69) is 21.7 Å². The molecule has 0 amide bonds. The number of rotatable bonds is 4. The Labute approximate surface area is 157 Å². The average Bonchev–Trinajstić information content (AvgIpc) is 2.69. The zero-order valence-corrected chi connectivity index (χ0v) is 16.4. The Kier molecular flexibility index (Phi) is 5.56. The van der Waals surface area contributed by atoms with Crippen LogP contribution in [0.1, 0.15) is 12.5 Å². The van der Waals surface area contributed by atoms with E-state index in [1.165, 1.54) is 0 Å². The molecule has 3 aromatic rings. The highest BCUT2D eigenvalue weighted by molar-refractivity contribution is 9.13. The van der Waals surface area contributed by atoms with Crippen LogP contribution >= 0.6 is 23.1 Å². The largest absolute Gasteiger partial charge is 0.307 e. The molecule has 1 nitrogen and oxygen atoms in total. The molecular formula is C22H18BrOP. The SMILES string of the molecule is CC(=C=C(Br)P(=O)(c1ccccc1)c1ccccc1)c1ccccc1. The van der Waals surface area contributed by atoms with E-state index in [1.807, 2.05) is 97.9 Å². The van der Waals surface area contributed by atoms with Crippen molar-refractivity contribution in [2.45, 2.75) is 6.92 Å². The van der Waals surface area contributed by atoms with Crippen molar-refractivity contribution in [3.8, 4) is 0 Å². The van der Waals surface area contributed by atoms with Crippen molar-refractivity contribution in [3.05, 3.63) is 107 Å². The number of halogens is 1. The molecule has 0 N–H and O–H groups in total. The quantitative estimate of drug-likeness (QED) is 0.385. The first kappa shape index (κ1) is 17.7. The number of hydrogen-bond acceptors (Lipinski definition) is 1. The van der Waals surface area contributed by atoms with Crippen LogP contribution in [0.5, 0.6) is 0 Å². The lowest BCUT2D eigenvalue weighted by atomic mass is 10.1. The molecule has 3 heteroatoms. The van der Waals surface area contributed by atoms with Gasteiger partial charge in [0.2, 0.25) is 0 Å². The molecule has 3 rings (SSSR count). The monoisotopic (exact) mass is 408 g/mol. The Balaban J connectivity index is 2.23. The minimum atomic E-state index is -2.99. The summed E-state index contributed by atoms with van der Waals surface area (Å²) >= 11 is 3.59. The van der Waals surface area contributed by atoms with E-state index in [0.29, 0.717) is 4.22 Å². The van der Waals surface area contributed by atoms with Crippen molar-refractivity contribution in [3.63, 3.8) is 0 Å². The van der Waals surface area contributed by atoms with Crippen LogP contribution in [-0.2, 0) is 4.57 Å². The van der Waals surface area contributed by atoms with E-state index in [1.54, 1.807) is 0 Å². The van der Waals surface area contributed by atoms with Gasteiger partial charge in [0.15, 0.2) is 7.14 Å². The second kappa shape index (κ2) is 7.85. The molecule has 25 heavy (non-hydrogen) atoms. The maximum absolute atomic E-state index is 14.1. The summed E-state index contributed by atoms with van der Waals surface area (Å²) < 4.78 is 14.7. The lowest BCUT2D eigenvalue weighted by Crippen LogP contribution is -2.15. The van der Waals surface area contributed by atoms with Crippen LogP contribution in [-0.4, -0.2) is 0 Å². The topological polar surface area (TPSA) is 17.1 Å². The van der Waals surface area contributed by atoms with Crippen LogP contribution in [0.15, 0.2) is 101 Å². The molecular weight excluding hydrogens is 391 g/mol. The second-order valence-electron chi connectivity index (χ2n) is 5.69. The minimum absolute atomic E-state index is 0.582. The summed E-state index contributed by atoms with van der Waals surface area (Å²) in [6, 6.07) is 29.2. The molecule has 0 bridgehead atoms. The van der Waals surface area contributed by atoms with Crippen LogP contribution in [0.3, 0.4) is 0 Å². The summed E-state index contributed by atoms with van der Waals surface area (Å²) in [6.45, 7) is 1.98. The summed E-state index contributed by atoms with van der Waals surface area (Å²) in [4.78, 5) is 0. The van der Waals surface area contributed by atoms with E-state index in [4.69, 9.17) is 0 Å². The first-order valence-electron chi connectivity index (χ1n) is 8.02. The van der Waals surface area contributed by atoms with E-state index in [-0.39, 0.29) is 0 Å².